The van der Waals surface area contributed by atoms with Crippen LogP contribution in [0, 0.1) is 0 Å². The van der Waals surface area contributed by atoms with E-state index < -0.39 is 10.0 Å². The minimum Gasteiger partial charge on any atom is -0.340 e. The van der Waals surface area contributed by atoms with Gasteiger partial charge in [-0.05, 0) is 18.2 Å². The number of halogens is 1. The summed E-state index contributed by atoms with van der Waals surface area (Å²) in [5.41, 5.74) is 0. The monoisotopic (exact) mass is 331 g/mol. The summed E-state index contributed by atoms with van der Waals surface area (Å²) >= 11 is 3.23. The van der Waals surface area contributed by atoms with Crippen molar-refractivity contribution in [2.24, 2.45) is 0 Å². The second-order valence-electron chi connectivity index (χ2n) is 3.44. The quantitative estimate of drug-likeness (QED) is 0.893. The SMILES string of the molecule is O=S(=O)(NCCc1ncno1)c1cccc(Br)c1. The normalized spacial score (nSPS) is 11.6. The van der Waals surface area contributed by atoms with Gasteiger partial charge in [-0.15, -0.1) is 0 Å². The smallest absolute Gasteiger partial charge is 0.240 e. The van der Waals surface area contributed by atoms with Crippen LogP contribution in [0.1, 0.15) is 5.89 Å². The van der Waals surface area contributed by atoms with Gasteiger partial charge in [0, 0.05) is 17.4 Å². The molecule has 1 heterocycles. The third-order valence-electron chi connectivity index (χ3n) is 2.14. The molecule has 6 nitrogen and oxygen atoms in total. The Kier molecular flexibility index (Phi) is 4.10. The first-order valence-corrected chi connectivity index (χ1v) is 7.36. The molecule has 0 spiro atoms. The highest BCUT2D eigenvalue weighted by Crippen LogP contribution is 2.15. The van der Waals surface area contributed by atoms with Gasteiger partial charge in [-0.1, -0.05) is 27.2 Å². The summed E-state index contributed by atoms with van der Waals surface area (Å²) < 4.78 is 31.8. The van der Waals surface area contributed by atoms with E-state index >= 15 is 0 Å². The van der Waals surface area contributed by atoms with Gasteiger partial charge in [-0.25, -0.2) is 13.1 Å². The molecule has 96 valence electrons. The molecule has 0 saturated heterocycles. The highest BCUT2D eigenvalue weighted by atomic mass is 79.9. The molecule has 0 atom stereocenters. The number of hydrogen-bond donors (Lipinski definition) is 1. The van der Waals surface area contributed by atoms with Crippen molar-refractivity contribution in [3.05, 3.63) is 41.0 Å². The molecule has 1 N–H and O–H groups in total. The van der Waals surface area contributed by atoms with Crippen LogP contribution in [0.4, 0.5) is 0 Å². The molecule has 8 heteroatoms. The zero-order valence-corrected chi connectivity index (χ0v) is 11.6. The molecule has 1 aromatic heterocycles. The predicted molar refractivity (Wildman–Crippen MR) is 67.3 cm³/mol. The van der Waals surface area contributed by atoms with E-state index in [9.17, 15) is 8.42 Å². The maximum absolute atomic E-state index is 11.9. The van der Waals surface area contributed by atoms with Crippen LogP contribution in [0.15, 0.2) is 44.5 Å². The van der Waals surface area contributed by atoms with Gasteiger partial charge in [-0.3, -0.25) is 0 Å². The maximum Gasteiger partial charge on any atom is 0.240 e. The number of hydrogen-bond acceptors (Lipinski definition) is 5. The lowest BCUT2D eigenvalue weighted by Crippen LogP contribution is -2.26. The Bertz CT molecular complexity index is 613. The van der Waals surface area contributed by atoms with Crippen molar-refractivity contribution < 1.29 is 12.9 Å². The van der Waals surface area contributed by atoms with Gasteiger partial charge in [-0.2, -0.15) is 4.98 Å². The number of nitrogens with one attached hydrogen (secondary N) is 1. The van der Waals surface area contributed by atoms with Gasteiger partial charge in [0.1, 0.15) is 0 Å². The number of rotatable bonds is 5. The fourth-order valence-electron chi connectivity index (χ4n) is 1.32. The minimum absolute atomic E-state index is 0.205. The summed E-state index contributed by atoms with van der Waals surface area (Å²) in [5, 5.41) is 3.44. The van der Waals surface area contributed by atoms with E-state index in [4.69, 9.17) is 4.52 Å². The van der Waals surface area contributed by atoms with Crippen LogP contribution >= 0.6 is 15.9 Å². The summed E-state index contributed by atoms with van der Waals surface area (Å²) in [6.45, 7) is 0.205. The predicted octanol–water partition coefficient (Wildman–Crippen LogP) is 1.35. The first-order valence-electron chi connectivity index (χ1n) is 5.09. The molecule has 0 fully saturated rings. The van der Waals surface area contributed by atoms with E-state index in [2.05, 4.69) is 30.8 Å². The van der Waals surface area contributed by atoms with Crippen LogP contribution in [0.3, 0.4) is 0 Å². The molecule has 2 rings (SSSR count). The Labute approximate surface area is 113 Å². The Morgan fingerprint density at radius 3 is 2.89 bits per heavy atom. The van der Waals surface area contributed by atoms with E-state index in [1.807, 2.05) is 0 Å². The molecule has 0 amide bonds. The van der Waals surface area contributed by atoms with Gasteiger partial charge < -0.3 is 4.52 Å². The fourth-order valence-corrected chi connectivity index (χ4v) is 2.94. The summed E-state index contributed by atoms with van der Waals surface area (Å²) in [7, 11) is -3.51. The highest BCUT2D eigenvalue weighted by Gasteiger charge is 2.13. The fraction of sp³-hybridized carbons (Fsp3) is 0.200. The van der Waals surface area contributed by atoms with Crippen LogP contribution in [0.25, 0.3) is 0 Å². The second-order valence-corrected chi connectivity index (χ2v) is 6.12. The molecule has 0 saturated carbocycles. The average Bonchev–Trinajstić information content (AvgIpc) is 2.82. The number of nitrogens with zero attached hydrogens (tertiary/aromatic N) is 2. The van der Waals surface area contributed by atoms with E-state index in [-0.39, 0.29) is 11.4 Å². The molecule has 0 aliphatic heterocycles. The van der Waals surface area contributed by atoms with Crippen LogP contribution in [0.2, 0.25) is 0 Å². The van der Waals surface area contributed by atoms with Gasteiger partial charge in [0.15, 0.2) is 6.33 Å². The Morgan fingerprint density at radius 1 is 1.39 bits per heavy atom. The lowest BCUT2D eigenvalue weighted by Gasteiger charge is -2.05. The maximum atomic E-state index is 11.9. The molecular formula is C10H10BrN3O3S. The van der Waals surface area contributed by atoms with Gasteiger partial charge in [0.25, 0.3) is 0 Å². The number of aromatic nitrogens is 2. The average molecular weight is 332 g/mol. The standard InChI is InChI=1S/C10H10BrN3O3S/c11-8-2-1-3-9(6-8)18(15,16)14-5-4-10-12-7-13-17-10/h1-3,6-7,14H,4-5H2. The van der Waals surface area contributed by atoms with E-state index in [0.717, 1.165) is 0 Å². The third kappa shape index (κ3) is 3.37. The third-order valence-corrected chi connectivity index (χ3v) is 4.10. The molecule has 1 aromatic carbocycles. The van der Waals surface area contributed by atoms with Crippen LogP contribution < -0.4 is 4.72 Å². The van der Waals surface area contributed by atoms with Gasteiger partial charge in [0.2, 0.25) is 15.9 Å². The summed E-state index contributed by atoms with van der Waals surface area (Å²) in [4.78, 5) is 4.01. The lowest BCUT2D eigenvalue weighted by atomic mass is 10.4. The van der Waals surface area contributed by atoms with Crippen LogP contribution in [-0.4, -0.2) is 25.1 Å². The first-order chi connectivity index (χ1) is 8.58. The second kappa shape index (κ2) is 5.59. The molecule has 0 aliphatic carbocycles. The van der Waals surface area contributed by atoms with Gasteiger partial charge in [0.05, 0.1) is 4.90 Å². The van der Waals surface area contributed by atoms with E-state index in [0.29, 0.717) is 16.8 Å². The zero-order chi connectivity index (χ0) is 13.0. The summed E-state index contributed by atoms with van der Waals surface area (Å²) in [6.07, 6.45) is 1.63. The number of sulfonamides is 1. The molecule has 0 unspecified atom stereocenters. The van der Waals surface area contributed by atoms with Crippen LogP contribution in [-0.2, 0) is 16.4 Å². The number of benzene rings is 1. The highest BCUT2D eigenvalue weighted by molar-refractivity contribution is 9.10. The van der Waals surface area contributed by atoms with Crippen molar-refractivity contribution in [3.63, 3.8) is 0 Å². The molecular weight excluding hydrogens is 322 g/mol. The molecule has 18 heavy (non-hydrogen) atoms. The van der Waals surface area contributed by atoms with Gasteiger partial charge >= 0.3 is 0 Å². The first kappa shape index (κ1) is 13.2. The minimum atomic E-state index is -3.51. The van der Waals surface area contributed by atoms with E-state index in [1.54, 1.807) is 12.1 Å². The largest absolute Gasteiger partial charge is 0.340 e. The van der Waals surface area contributed by atoms with Crippen molar-refractivity contribution in [1.29, 1.82) is 0 Å². The lowest BCUT2D eigenvalue weighted by molar-refractivity contribution is 0.377. The molecule has 0 aliphatic rings. The van der Waals surface area contributed by atoms with Crippen molar-refractivity contribution in [2.75, 3.05) is 6.54 Å². The Hall–Kier alpha value is -1.25. The molecule has 0 bridgehead atoms. The van der Waals surface area contributed by atoms with Crippen molar-refractivity contribution >= 4 is 26.0 Å². The molecule has 2 aromatic rings. The van der Waals surface area contributed by atoms with Crippen molar-refractivity contribution in [1.82, 2.24) is 14.9 Å². The van der Waals surface area contributed by atoms with Crippen molar-refractivity contribution in [2.45, 2.75) is 11.3 Å². The van der Waals surface area contributed by atoms with Crippen LogP contribution in [0.5, 0.6) is 0 Å². The van der Waals surface area contributed by atoms with E-state index in [1.165, 1.54) is 18.5 Å². The summed E-state index contributed by atoms with van der Waals surface area (Å²) in [6, 6.07) is 6.49. The summed E-state index contributed by atoms with van der Waals surface area (Å²) in [5.74, 6) is 0.395. The topological polar surface area (TPSA) is 85.1 Å². The zero-order valence-electron chi connectivity index (χ0n) is 9.21. The molecule has 0 radical (unpaired) electrons. The Balaban J connectivity index is 1.99. The Morgan fingerprint density at radius 2 is 2.22 bits per heavy atom. The van der Waals surface area contributed by atoms with Crippen molar-refractivity contribution in [3.8, 4) is 0 Å².